The predicted molar refractivity (Wildman–Crippen MR) is 157 cm³/mol. The highest BCUT2D eigenvalue weighted by atomic mass is 16.4. The second kappa shape index (κ2) is 15.7. The van der Waals surface area contributed by atoms with Gasteiger partial charge in [-0.1, -0.05) is 29.8 Å². The van der Waals surface area contributed by atoms with Crippen LogP contribution in [-0.4, -0.2) is 102 Å². The largest absolute Gasteiger partial charge is 0.481 e. The van der Waals surface area contributed by atoms with Crippen LogP contribution in [0.1, 0.15) is 35.2 Å². The zero-order valence-corrected chi connectivity index (χ0v) is 24.3. The molecule has 0 unspecified atom stereocenters. The number of pyridine rings is 1. The number of benzene rings is 1. The normalized spacial score (nSPS) is 13.7. The van der Waals surface area contributed by atoms with Crippen molar-refractivity contribution in [1.82, 2.24) is 24.8 Å². The topological polar surface area (TPSA) is 181 Å². The summed E-state index contributed by atoms with van der Waals surface area (Å²) >= 11 is 0. The number of aryl methyl sites for hydroxylation is 1. The van der Waals surface area contributed by atoms with Gasteiger partial charge in [-0.25, -0.2) is 14.8 Å². The molecule has 0 spiro atoms. The maximum absolute atomic E-state index is 10.3. The molecule has 13 heteroatoms. The van der Waals surface area contributed by atoms with Crippen LogP contribution in [0.2, 0.25) is 0 Å². The summed E-state index contributed by atoms with van der Waals surface area (Å²) in [6.07, 6.45) is 3.32. The summed E-state index contributed by atoms with van der Waals surface area (Å²) in [7, 11) is 2.16. The highest BCUT2D eigenvalue weighted by Gasteiger charge is 2.40. The smallest absolute Gasteiger partial charge is 0.336 e. The Bertz CT molecular complexity index is 1330. The molecule has 230 valence electrons. The minimum absolute atomic E-state index is 0.777. The van der Waals surface area contributed by atoms with Crippen molar-refractivity contribution in [3.63, 3.8) is 0 Å². The Morgan fingerprint density at radius 3 is 1.91 bits per heavy atom. The Morgan fingerprint density at radius 1 is 0.814 bits per heavy atom. The number of nitrogens with zero attached hydrogens (tertiary/aromatic N) is 6. The van der Waals surface area contributed by atoms with Crippen LogP contribution in [-0.2, 0) is 34.0 Å². The standard InChI is InChI=1S/C24H30N6.C6H8O7/c1-20-3-5-21(6-4-20)17-29(18-22-7-10-25-11-8-22)19-23-9-12-26-24(27-23)30-15-13-28(2)14-16-30;7-3(8)1-6(13,5(11)12)2-4(9)10/h3-12H,13-19H2,1-2H3;13H,1-2H2,(H,7,8)(H,9,10)(H,11,12). The van der Waals surface area contributed by atoms with Gasteiger partial charge in [0.2, 0.25) is 5.95 Å². The molecule has 0 atom stereocenters. The van der Waals surface area contributed by atoms with Crippen LogP contribution in [0.15, 0.2) is 61.1 Å². The van der Waals surface area contributed by atoms with Gasteiger partial charge in [0, 0.05) is 64.4 Å². The van der Waals surface area contributed by atoms with Crippen molar-refractivity contribution in [3.8, 4) is 0 Å². The van der Waals surface area contributed by atoms with E-state index in [0.717, 1.165) is 57.5 Å². The molecule has 0 aliphatic carbocycles. The van der Waals surface area contributed by atoms with Crippen molar-refractivity contribution in [3.05, 3.63) is 83.4 Å². The highest BCUT2D eigenvalue weighted by Crippen LogP contribution is 2.17. The molecule has 1 aromatic carbocycles. The average molecular weight is 595 g/mol. The summed E-state index contributed by atoms with van der Waals surface area (Å²) in [5.74, 6) is -4.17. The number of carbonyl (C=O) groups is 3. The number of aliphatic hydroxyl groups is 1. The first-order chi connectivity index (χ1) is 20.4. The number of likely N-dealkylation sites (N-methyl/N-ethyl adjacent to an activating group) is 1. The summed E-state index contributed by atoms with van der Waals surface area (Å²) in [4.78, 5) is 51.1. The number of aliphatic carboxylic acids is 3. The number of carboxylic acids is 3. The number of rotatable bonds is 12. The van der Waals surface area contributed by atoms with E-state index in [1.165, 1.54) is 16.7 Å². The molecule has 2 aromatic heterocycles. The number of hydrogen-bond donors (Lipinski definition) is 4. The van der Waals surface area contributed by atoms with E-state index in [1.807, 2.05) is 24.7 Å². The fourth-order valence-corrected chi connectivity index (χ4v) is 4.44. The van der Waals surface area contributed by atoms with Gasteiger partial charge in [0.15, 0.2) is 5.60 Å². The van der Waals surface area contributed by atoms with Gasteiger partial charge in [-0.15, -0.1) is 0 Å². The maximum Gasteiger partial charge on any atom is 0.336 e. The zero-order valence-electron chi connectivity index (χ0n) is 24.3. The Balaban J connectivity index is 0.000000331. The van der Waals surface area contributed by atoms with E-state index in [0.29, 0.717) is 0 Å². The fraction of sp³-hybridized carbons (Fsp3) is 0.400. The Labute approximate surface area is 250 Å². The lowest BCUT2D eigenvalue weighted by Gasteiger charge is -2.32. The summed E-state index contributed by atoms with van der Waals surface area (Å²) in [5, 5.41) is 33.8. The molecule has 1 fully saturated rings. The number of anilines is 1. The van der Waals surface area contributed by atoms with Crippen LogP contribution in [0.5, 0.6) is 0 Å². The minimum Gasteiger partial charge on any atom is -0.481 e. The van der Waals surface area contributed by atoms with Gasteiger partial charge in [-0.05, 0) is 43.3 Å². The third-order valence-corrected chi connectivity index (χ3v) is 6.84. The molecule has 13 nitrogen and oxygen atoms in total. The van der Waals surface area contributed by atoms with Crippen molar-refractivity contribution in [2.24, 2.45) is 0 Å². The van der Waals surface area contributed by atoms with Crippen molar-refractivity contribution in [2.75, 3.05) is 38.1 Å². The van der Waals surface area contributed by atoms with Crippen molar-refractivity contribution in [1.29, 1.82) is 0 Å². The van der Waals surface area contributed by atoms with Crippen LogP contribution in [0.25, 0.3) is 0 Å². The molecule has 4 N–H and O–H groups in total. The van der Waals surface area contributed by atoms with E-state index in [1.54, 1.807) is 0 Å². The van der Waals surface area contributed by atoms with E-state index in [-0.39, 0.29) is 0 Å². The second-order valence-electron chi connectivity index (χ2n) is 10.6. The van der Waals surface area contributed by atoms with E-state index in [2.05, 4.69) is 75.0 Å². The first-order valence-corrected chi connectivity index (χ1v) is 13.7. The number of carboxylic acid groups (broad SMARTS) is 3. The molecule has 1 saturated heterocycles. The summed E-state index contributed by atoms with van der Waals surface area (Å²) in [6.45, 7) is 8.68. The van der Waals surface area contributed by atoms with Crippen molar-refractivity contribution >= 4 is 23.9 Å². The Kier molecular flexibility index (Phi) is 12.0. The first kappa shape index (κ1) is 33.0. The van der Waals surface area contributed by atoms with Gasteiger partial charge >= 0.3 is 17.9 Å². The molecule has 0 amide bonds. The summed E-state index contributed by atoms with van der Waals surface area (Å²) < 4.78 is 0. The molecule has 3 heterocycles. The quantitative estimate of drug-likeness (QED) is 0.239. The SMILES string of the molecule is Cc1ccc(CN(Cc2ccncc2)Cc2ccnc(N3CCN(C)CC3)n2)cc1.O=C(O)CC(O)(CC(=O)O)C(=O)O. The summed E-state index contributed by atoms with van der Waals surface area (Å²) in [6, 6.07) is 15.0. The highest BCUT2D eigenvalue weighted by molar-refractivity contribution is 5.88. The lowest BCUT2D eigenvalue weighted by atomic mass is 9.96. The average Bonchev–Trinajstić information content (AvgIpc) is 2.95. The molecule has 1 aliphatic heterocycles. The third kappa shape index (κ3) is 11.0. The number of piperazine rings is 1. The molecule has 3 aromatic rings. The number of aromatic nitrogens is 3. The van der Waals surface area contributed by atoms with Gasteiger partial charge in [-0.2, -0.15) is 0 Å². The van der Waals surface area contributed by atoms with Crippen LogP contribution in [0.3, 0.4) is 0 Å². The lowest BCUT2D eigenvalue weighted by Crippen LogP contribution is -2.45. The molecule has 0 saturated carbocycles. The van der Waals surface area contributed by atoms with Crippen LogP contribution in [0, 0.1) is 6.92 Å². The monoisotopic (exact) mass is 594 g/mol. The molecule has 0 bridgehead atoms. The van der Waals surface area contributed by atoms with Gasteiger partial charge in [0.1, 0.15) is 0 Å². The maximum atomic E-state index is 10.3. The van der Waals surface area contributed by atoms with Crippen molar-refractivity contribution in [2.45, 2.75) is 45.0 Å². The van der Waals surface area contributed by atoms with E-state index < -0.39 is 36.4 Å². The van der Waals surface area contributed by atoms with Gasteiger partial charge in [0.05, 0.1) is 18.5 Å². The van der Waals surface area contributed by atoms with E-state index >= 15 is 0 Å². The second-order valence-corrected chi connectivity index (χ2v) is 10.6. The van der Waals surface area contributed by atoms with E-state index in [4.69, 9.17) is 25.4 Å². The predicted octanol–water partition coefficient (Wildman–Crippen LogP) is 1.89. The van der Waals surface area contributed by atoms with Crippen LogP contribution < -0.4 is 4.90 Å². The molecule has 1 aliphatic rings. The van der Waals surface area contributed by atoms with Crippen LogP contribution >= 0.6 is 0 Å². The van der Waals surface area contributed by atoms with Gasteiger partial charge in [0.25, 0.3) is 0 Å². The minimum atomic E-state index is -2.74. The first-order valence-electron chi connectivity index (χ1n) is 13.7. The van der Waals surface area contributed by atoms with E-state index in [9.17, 15) is 14.4 Å². The fourth-order valence-electron chi connectivity index (χ4n) is 4.44. The van der Waals surface area contributed by atoms with Gasteiger partial charge in [-0.3, -0.25) is 19.5 Å². The van der Waals surface area contributed by atoms with Crippen LogP contribution in [0.4, 0.5) is 5.95 Å². The molecule has 43 heavy (non-hydrogen) atoms. The van der Waals surface area contributed by atoms with Gasteiger partial charge < -0.3 is 30.2 Å². The summed E-state index contributed by atoms with van der Waals surface area (Å²) in [5.41, 5.74) is 2.16. The molecular formula is C30H38N6O7. The number of hydrogen-bond acceptors (Lipinski definition) is 10. The molecule has 4 rings (SSSR count). The lowest BCUT2D eigenvalue weighted by molar-refractivity contribution is -0.170. The Hall–Kier alpha value is -4.46. The van der Waals surface area contributed by atoms with Crippen molar-refractivity contribution < 1.29 is 34.8 Å². The zero-order chi connectivity index (χ0) is 31.4. The molecular weight excluding hydrogens is 556 g/mol. The third-order valence-electron chi connectivity index (χ3n) is 6.84. The molecule has 0 radical (unpaired) electrons. The Morgan fingerprint density at radius 2 is 1.37 bits per heavy atom.